The molecule has 3 N–H and O–H groups in total. The molecule has 1 rings (SSSR count). The van der Waals surface area contributed by atoms with E-state index in [9.17, 15) is 18.5 Å². The van der Waals surface area contributed by atoms with Crippen molar-refractivity contribution in [2.75, 3.05) is 13.2 Å². The number of sulfonamides is 1. The van der Waals surface area contributed by atoms with Crippen molar-refractivity contribution in [3.63, 3.8) is 0 Å². The van der Waals surface area contributed by atoms with Crippen molar-refractivity contribution < 1.29 is 23.6 Å². The Labute approximate surface area is 109 Å². The van der Waals surface area contributed by atoms with E-state index in [4.69, 9.17) is 10.2 Å². The second-order valence-electron chi connectivity index (χ2n) is 3.87. The van der Waals surface area contributed by atoms with Gasteiger partial charge in [-0.15, -0.1) is 0 Å². The van der Waals surface area contributed by atoms with Crippen LogP contribution in [0.2, 0.25) is 0 Å². The molecule has 9 heteroatoms. The van der Waals surface area contributed by atoms with Gasteiger partial charge in [0.25, 0.3) is 5.69 Å². The van der Waals surface area contributed by atoms with Crippen molar-refractivity contribution in [2.45, 2.75) is 11.9 Å². The monoisotopic (exact) mass is 290 g/mol. The number of nitro benzene ring substituents is 1. The Balaban J connectivity index is 2.65. The van der Waals surface area contributed by atoms with Crippen LogP contribution in [0, 0.1) is 10.1 Å². The van der Waals surface area contributed by atoms with Gasteiger partial charge in [0.2, 0.25) is 10.0 Å². The molecule has 0 saturated heterocycles. The molecule has 0 saturated carbocycles. The van der Waals surface area contributed by atoms with Gasteiger partial charge in [-0.25, -0.2) is 13.1 Å². The van der Waals surface area contributed by atoms with Crippen molar-refractivity contribution in [3.05, 3.63) is 39.9 Å². The molecule has 1 aromatic rings. The van der Waals surface area contributed by atoms with Crippen LogP contribution in [0.4, 0.5) is 5.69 Å². The fourth-order valence-electron chi connectivity index (χ4n) is 1.27. The van der Waals surface area contributed by atoms with Gasteiger partial charge in [0.1, 0.15) is 0 Å². The van der Waals surface area contributed by atoms with Gasteiger partial charge >= 0.3 is 0 Å². The molecule has 8 nitrogen and oxygen atoms in total. The van der Waals surface area contributed by atoms with Crippen molar-refractivity contribution in [2.24, 2.45) is 0 Å². The van der Waals surface area contributed by atoms with E-state index in [1.807, 2.05) is 0 Å². The van der Waals surface area contributed by atoms with Crippen molar-refractivity contribution in [3.8, 4) is 0 Å². The predicted molar refractivity (Wildman–Crippen MR) is 66.8 cm³/mol. The van der Waals surface area contributed by atoms with Gasteiger partial charge < -0.3 is 10.2 Å². The maximum absolute atomic E-state index is 11.6. The Morgan fingerprint density at radius 2 is 1.89 bits per heavy atom. The van der Waals surface area contributed by atoms with Crippen LogP contribution in [-0.2, 0) is 15.8 Å². The lowest BCUT2D eigenvalue weighted by Crippen LogP contribution is -2.34. The highest BCUT2D eigenvalue weighted by Crippen LogP contribution is 2.13. The van der Waals surface area contributed by atoms with Crippen LogP contribution in [0.1, 0.15) is 5.56 Å². The molecule has 0 aromatic heterocycles. The lowest BCUT2D eigenvalue weighted by molar-refractivity contribution is -0.384. The normalized spacial score (nSPS) is 13.2. The number of hydrogen-bond acceptors (Lipinski definition) is 6. The number of nitrogens with zero attached hydrogens (tertiary/aromatic N) is 1. The summed E-state index contributed by atoms with van der Waals surface area (Å²) >= 11 is 0. The first-order valence-electron chi connectivity index (χ1n) is 5.33. The van der Waals surface area contributed by atoms with Gasteiger partial charge in [-0.1, -0.05) is 12.1 Å². The fraction of sp³-hybridized carbons (Fsp3) is 0.400. The summed E-state index contributed by atoms with van der Waals surface area (Å²) in [5, 5.41) is 28.0. The van der Waals surface area contributed by atoms with Gasteiger partial charge in [-0.05, 0) is 5.56 Å². The standard InChI is InChI=1S/C10H14N2O6S/c13-6-10(14)5-11-19(17,18)7-8-1-3-9(4-2-8)12(15)16/h1-4,10-11,13-14H,5-7H2. The molecule has 1 aromatic carbocycles. The lowest BCUT2D eigenvalue weighted by Gasteiger charge is -2.09. The summed E-state index contributed by atoms with van der Waals surface area (Å²) in [6.45, 7) is -0.828. The van der Waals surface area contributed by atoms with Crippen LogP contribution in [0.25, 0.3) is 0 Å². The van der Waals surface area contributed by atoms with Crippen molar-refractivity contribution >= 4 is 15.7 Å². The number of nitro groups is 1. The van der Waals surface area contributed by atoms with Crippen LogP contribution in [0.5, 0.6) is 0 Å². The highest BCUT2D eigenvalue weighted by Gasteiger charge is 2.14. The first kappa shape index (κ1) is 15.5. The number of benzene rings is 1. The summed E-state index contributed by atoms with van der Waals surface area (Å²) in [6, 6.07) is 5.13. The second-order valence-corrected chi connectivity index (χ2v) is 5.67. The minimum Gasteiger partial charge on any atom is -0.394 e. The van der Waals surface area contributed by atoms with E-state index in [1.54, 1.807) is 0 Å². The average Bonchev–Trinajstić information content (AvgIpc) is 2.36. The van der Waals surface area contributed by atoms with Gasteiger partial charge in [-0.2, -0.15) is 0 Å². The first-order chi connectivity index (χ1) is 8.84. The highest BCUT2D eigenvalue weighted by atomic mass is 32.2. The van der Waals surface area contributed by atoms with Crippen molar-refractivity contribution in [1.29, 1.82) is 0 Å². The zero-order valence-electron chi connectivity index (χ0n) is 9.89. The topological polar surface area (TPSA) is 130 Å². The predicted octanol–water partition coefficient (Wildman–Crippen LogP) is -0.633. The summed E-state index contributed by atoms with van der Waals surface area (Å²) in [4.78, 5) is 9.86. The summed E-state index contributed by atoms with van der Waals surface area (Å²) in [5.41, 5.74) is 0.265. The third-order valence-electron chi connectivity index (χ3n) is 2.25. The highest BCUT2D eigenvalue weighted by molar-refractivity contribution is 7.88. The number of non-ortho nitro benzene ring substituents is 1. The van der Waals surface area contributed by atoms with E-state index in [0.29, 0.717) is 5.56 Å². The number of aliphatic hydroxyl groups excluding tert-OH is 2. The Morgan fingerprint density at radius 1 is 1.32 bits per heavy atom. The molecule has 0 aliphatic heterocycles. The molecule has 1 atom stereocenters. The zero-order chi connectivity index (χ0) is 14.5. The lowest BCUT2D eigenvalue weighted by atomic mass is 10.2. The molecular formula is C10H14N2O6S. The van der Waals surface area contributed by atoms with Crippen LogP contribution < -0.4 is 4.72 Å². The molecule has 0 bridgehead atoms. The van der Waals surface area contributed by atoms with Crippen LogP contribution in [0.15, 0.2) is 24.3 Å². The molecule has 0 aliphatic carbocycles. The molecule has 0 radical (unpaired) electrons. The molecule has 0 spiro atoms. The molecule has 0 heterocycles. The summed E-state index contributed by atoms with van der Waals surface area (Å²) in [5.74, 6) is -0.358. The zero-order valence-corrected chi connectivity index (χ0v) is 10.7. The Bertz CT molecular complexity index is 527. The summed E-state index contributed by atoms with van der Waals surface area (Å²) in [7, 11) is -3.66. The van der Waals surface area contributed by atoms with E-state index >= 15 is 0 Å². The number of nitrogens with one attached hydrogen (secondary N) is 1. The molecule has 0 amide bonds. The molecule has 1 unspecified atom stereocenters. The van der Waals surface area contributed by atoms with Crippen LogP contribution >= 0.6 is 0 Å². The first-order valence-corrected chi connectivity index (χ1v) is 6.99. The minimum absolute atomic E-state index is 0.121. The molecule has 0 fully saturated rings. The van der Waals surface area contributed by atoms with E-state index in [0.717, 1.165) is 0 Å². The quantitative estimate of drug-likeness (QED) is 0.452. The second kappa shape index (κ2) is 6.57. The average molecular weight is 290 g/mol. The molecule has 19 heavy (non-hydrogen) atoms. The molecule has 0 aliphatic rings. The number of aliphatic hydroxyl groups is 2. The minimum atomic E-state index is -3.66. The van der Waals surface area contributed by atoms with E-state index in [2.05, 4.69) is 4.72 Å². The summed E-state index contributed by atoms with van der Waals surface area (Å²) in [6.07, 6.45) is -1.16. The van der Waals surface area contributed by atoms with E-state index in [-0.39, 0.29) is 18.0 Å². The van der Waals surface area contributed by atoms with Gasteiger partial charge in [-0.3, -0.25) is 10.1 Å². The smallest absolute Gasteiger partial charge is 0.269 e. The number of rotatable bonds is 7. The van der Waals surface area contributed by atoms with Crippen molar-refractivity contribution in [1.82, 2.24) is 4.72 Å². The van der Waals surface area contributed by atoms with Gasteiger partial charge in [0, 0.05) is 18.7 Å². The third-order valence-corrected chi connectivity index (χ3v) is 3.57. The maximum Gasteiger partial charge on any atom is 0.269 e. The molecular weight excluding hydrogens is 276 g/mol. The summed E-state index contributed by atoms with van der Waals surface area (Å²) < 4.78 is 25.3. The Hall–Kier alpha value is -1.55. The fourth-order valence-corrected chi connectivity index (χ4v) is 2.45. The van der Waals surface area contributed by atoms with Crippen LogP contribution in [0.3, 0.4) is 0 Å². The molecule has 106 valence electrons. The Morgan fingerprint density at radius 3 is 2.37 bits per heavy atom. The van der Waals surface area contributed by atoms with Gasteiger partial charge in [0.15, 0.2) is 0 Å². The van der Waals surface area contributed by atoms with E-state index in [1.165, 1.54) is 24.3 Å². The third kappa shape index (κ3) is 5.30. The number of hydrogen-bond donors (Lipinski definition) is 3. The largest absolute Gasteiger partial charge is 0.394 e. The Kier molecular flexibility index (Phi) is 5.36. The maximum atomic E-state index is 11.6. The van der Waals surface area contributed by atoms with Crippen LogP contribution in [-0.4, -0.2) is 42.8 Å². The van der Waals surface area contributed by atoms with E-state index < -0.39 is 27.7 Å². The SMILES string of the molecule is O=[N+]([O-])c1ccc(CS(=O)(=O)NCC(O)CO)cc1. The van der Waals surface area contributed by atoms with Gasteiger partial charge in [0.05, 0.1) is 23.4 Å².